The number of amides is 1. The average Bonchev–Trinajstić information content (AvgIpc) is 2.01. The molecule has 0 aliphatic carbocycles. The highest BCUT2D eigenvalue weighted by molar-refractivity contribution is 7.90. The first kappa shape index (κ1) is 10.7. The van der Waals surface area contributed by atoms with Crippen LogP contribution in [-0.4, -0.2) is 20.6 Å². The highest BCUT2D eigenvalue weighted by Gasteiger charge is 2.12. The molecule has 0 heterocycles. The van der Waals surface area contributed by atoms with Crippen LogP contribution < -0.4 is 5.32 Å². The van der Waals surface area contributed by atoms with E-state index >= 15 is 0 Å². The van der Waals surface area contributed by atoms with Crippen molar-refractivity contribution in [3.05, 3.63) is 24.3 Å². The SMILES string of the molecule is CC(=O)Nc1ccccc1S(C)(=O)=O. The molecule has 14 heavy (non-hydrogen) atoms. The minimum Gasteiger partial charge on any atom is -0.325 e. The first-order valence-corrected chi connectivity index (χ1v) is 5.87. The third-order valence-electron chi connectivity index (χ3n) is 1.60. The molecule has 0 saturated heterocycles. The summed E-state index contributed by atoms with van der Waals surface area (Å²) in [5, 5.41) is 2.46. The molecule has 0 saturated carbocycles. The number of hydrogen-bond donors (Lipinski definition) is 1. The Morgan fingerprint density at radius 2 is 1.86 bits per heavy atom. The summed E-state index contributed by atoms with van der Waals surface area (Å²) >= 11 is 0. The number of rotatable bonds is 2. The smallest absolute Gasteiger partial charge is 0.221 e. The summed E-state index contributed by atoms with van der Waals surface area (Å²) in [4.78, 5) is 10.9. The average molecular weight is 213 g/mol. The van der Waals surface area contributed by atoms with Crippen molar-refractivity contribution in [2.45, 2.75) is 11.8 Å². The number of nitrogens with one attached hydrogen (secondary N) is 1. The molecule has 0 aliphatic rings. The van der Waals surface area contributed by atoms with Crippen LogP contribution in [0.1, 0.15) is 6.92 Å². The van der Waals surface area contributed by atoms with Crippen LogP contribution in [0.25, 0.3) is 0 Å². The Morgan fingerprint density at radius 1 is 1.29 bits per heavy atom. The topological polar surface area (TPSA) is 63.2 Å². The summed E-state index contributed by atoms with van der Waals surface area (Å²) < 4.78 is 22.6. The van der Waals surface area contributed by atoms with Crippen LogP contribution in [0.2, 0.25) is 0 Å². The van der Waals surface area contributed by atoms with Crippen molar-refractivity contribution in [3.8, 4) is 0 Å². The summed E-state index contributed by atoms with van der Waals surface area (Å²) in [6, 6.07) is 6.29. The summed E-state index contributed by atoms with van der Waals surface area (Å²) in [6.45, 7) is 1.33. The molecule has 0 aliphatic heterocycles. The number of carbonyl (C=O) groups is 1. The van der Waals surface area contributed by atoms with E-state index in [1.165, 1.54) is 13.0 Å². The van der Waals surface area contributed by atoms with Gasteiger partial charge in [-0.3, -0.25) is 4.79 Å². The summed E-state index contributed by atoms with van der Waals surface area (Å²) in [6.07, 6.45) is 1.10. The molecule has 0 atom stereocenters. The zero-order valence-corrected chi connectivity index (χ0v) is 8.76. The van der Waals surface area contributed by atoms with Crippen molar-refractivity contribution in [3.63, 3.8) is 0 Å². The van der Waals surface area contributed by atoms with E-state index in [4.69, 9.17) is 0 Å². The fraction of sp³-hybridized carbons (Fsp3) is 0.222. The minimum absolute atomic E-state index is 0.134. The zero-order chi connectivity index (χ0) is 10.8. The molecule has 0 bridgehead atoms. The van der Waals surface area contributed by atoms with Gasteiger partial charge in [0.25, 0.3) is 0 Å². The van der Waals surface area contributed by atoms with Crippen molar-refractivity contribution in [1.82, 2.24) is 0 Å². The van der Waals surface area contributed by atoms with Gasteiger partial charge >= 0.3 is 0 Å². The third kappa shape index (κ3) is 2.56. The van der Waals surface area contributed by atoms with Crippen molar-refractivity contribution in [2.75, 3.05) is 11.6 Å². The third-order valence-corrected chi connectivity index (χ3v) is 2.75. The van der Waals surface area contributed by atoms with Crippen LogP contribution in [0.3, 0.4) is 0 Å². The number of carbonyl (C=O) groups excluding carboxylic acids is 1. The van der Waals surface area contributed by atoms with E-state index in [0.29, 0.717) is 5.69 Å². The number of hydrogen-bond acceptors (Lipinski definition) is 3. The molecule has 0 radical (unpaired) electrons. The fourth-order valence-electron chi connectivity index (χ4n) is 1.08. The second-order valence-corrected chi connectivity index (χ2v) is 4.93. The molecular weight excluding hydrogens is 202 g/mol. The van der Waals surface area contributed by atoms with Crippen molar-refractivity contribution >= 4 is 21.4 Å². The summed E-state index contributed by atoms with van der Waals surface area (Å²) in [7, 11) is -3.29. The Hall–Kier alpha value is -1.36. The fourth-order valence-corrected chi connectivity index (χ4v) is 1.93. The van der Waals surface area contributed by atoms with Gasteiger partial charge in [-0.1, -0.05) is 12.1 Å². The van der Waals surface area contributed by atoms with Gasteiger partial charge < -0.3 is 5.32 Å². The standard InChI is InChI=1S/C9H11NO3S/c1-7(11)10-8-5-3-4-6-9(8)14(2,12)13/h3-6H,1-2H3,(H,10,11). The largest absolute Gasteiger partial charge is 0.325 e. The van der Waals surface area contributed by atoms with E-state index in [9.17, 15) is 13.2 Å². The highest BCUT2D eigenvalue weighted by atomic mass is 32.2. The van der Waals surface area contributed by atoms with Gasteiger partial charge in [0.2, 0.25) is 5.91 Å². The van der Waals surface area contributed by atoms with E-state index in [-0.39, 0.29) is 10.8 Å². The van der Waals surface area contributed by atoms with Gasteiger partial charge in [0.1, 0.15) is 0 Å². The van der Waals surface area contributed by atoms with E-state index in [2.05, 4.69) is 5.32 Å². The van der Waals surface area contributed by atoms with E-state index in [1.807, 2.05) is 0 Å². The lowest BCUT2D eigenvalue weighted by Gasteiger charge is -2.06. The lowest BCUT2D eigenvalue weighted by atomic mass is 10.3. The summed E-state index contributed by atoms with van der Waals surface area (Å²) in [5.74, 6) is -0.291. The predicted molar refractivity (Wildman–Crippen MR) is 53.9 cm³/mol. The maximum atomic E-state index is 11.3. The molecule has 1 aromatic rings. The Balaban J connectivity index is 3.23. The molecule has 1 rings (SSSR count). The monoisotopic (exact) mass is 213 g/mol. The Morgan fingerprint density at radius 3 is 2.36 bits per heavy atom. The Kier molecular flexibility index (Phi) is 2.90. The number of anilines is 1. The maximum absolute atomic E-state index is 11.3. The number of para-hydroxylation sites is 1. The molecule has 1 aromatic carbocycles. The van der Waals surface area contributed by atoms with Crippen LogP contribution in [0.4, 0.5) is 5.69 Å². The van der Waals surface area contributed by atoms with E-state index in [1.54, 1.807) is 18.2 Å². The number of sulfone groups is 1. The highest BCUT2D eigenvalue weighted by Crippen LogP contribution is 2.20. The van der Waals surface area contributed by atoms with E-state index < -0.39 is 9.84 Å². The van der Waals surface area contributed by atoms with Gasteiger partial charge in [-0.2, -0.15) is 0 Å². The van der Waals surface area contributed by atoms with Crippen LogP contribution in [0.5, 0.6) is 0 Å². The lowest BCUT2D eigenvalue weighted by molar-refractivity contribution is -0.114. The minimum atomic E-state index is -3.29. The van der Waals surface area contributed by atoms with Crippen LogP contribution in [-0.2, 0) is 14.6 Å². The van der Waals surface area contributed by atoms with Crippen LogP contribution >= 0.6 is 0 Å². The molecule has 0 unspecified atom stereocenters. The Bertz CT molecular complexity index is 451. The lowest BCUT2D eigenvalue weighted by Crippen LogP contribution is -2.10. The molecule has 5 heteroatoms. The first-order valence-electron chi connectivity index (χ1n) is 3.98. The van der Waals surface area contributed by atoms with E-state index in [0.717, 1.165) is 6.26 Å². The molecule has 0 aromatic heterocycles. The van der Waals surface area contributed by atoms with Gasteiger partial charge in [0, 0.05) is 13.2 Å². The van der Waals surface area contributed by atoms with Crippen molar-refractivity contribution in [1.29, 1.82) is 0 Å². The summed E-state index contributed by atoms with van der Waals surface area (Å²) in [5.41, 5.74) is 0.322. The first-order chi connectivity index (χ1) is 6.41. The van der Waals surface area contributed by atoms with Crippen molar-refractivity contribution in [2.24, 2.45) is 0 Å². The van der Waals surface area contributed by atoms with Crippen LogP contribution in [0.15, 0.2) is 29.2 Å². The van der Waals surface area contributed by atoms with Gasteiger partial charge in [0.15, 0.2) is 9.84 Å². The Labute approximate surface area is 82.9 Å². The van der Waals surface area contributed by atoms with Gasteiger partial charge in [0.05, 0.1) is 10.6 Å². The second kappa shape index (κ2) is 3.79. The molecule has 0 fully saturated rings. The van der Waals surface area contributed by atoms with Gasteiger partial charge in [-0.05, 0) is 12.1 Å². The molecule has 4 nitrogen and oxygen atoms in total. The quantitative estimate of drug-likeness (QED) is 0.798. The normalized spacial score (nSPS) is 11.0. The molecule has 0 spiro atoms. The van der Waals surface area contributed by atoms with Crippen molar-refractivity contribution < 1.29 is 13.2 Å². The second-order valence-electron chi connectivity index (χ2n) is 2.95. The number of benzene rings is 1. The maximum Gasteiger partial charge on any atom is 0.221 e. The van der Waals surface area contributed by atoms with Gasteiger partial charge in [-0.15, -0.1) is 0 Å². The molecular formula is C9H11NO3S. The zero-order valence-electron chi connectivity index (χ0n) is 7.94. The van der Waals surface area contributed by atoms with Gasteiger partial charge in [-0.25, -0.2) is 8.42 Å². The molecule has 76 valence electrons. The molecule has 1 amide bonds. The molecule has 1 N–H and O–H groups in total. The predicted octanol–water partition coefficient (Wildman–Crippen LogP) is 1.05. The van der Waals surface area contributed by atoms with Crippen LogP contribution in [0, 0.1) is 0 Å².